The fourth-order valence-corrected chi connectivity index (χ4v) is 1.87. The number of aryl methyl sites for hydroxylation is 1. The molecule has 0 aliphatic rings. The van der Waals surface area contributed by atoms with Crippen LogP contribution in [0.4, 0.5) is 0 Å². The van der Waals surface area contributed by atoms with Crippen molar-refractivity contribution < 1.29 is 14.3 Å². The Morgan fingerprint density at radius 3 is 2.83 bits per heavy atom. The zero-order valence-electron chi connectivity index (χ0n) is 10.1. The van der Waals surface area contributed by atoms with E-state index < -0.39 is 11.7 Å². The molecule has 0 aliphatic heterocycles. The third kappa shape index (κ3) is 2.07. The second-order valence-electron chi connectivity index (χ2n) is 3.97. The van der Waals surface area contributed by atoms with Gasteiger partial charge in [0.2, 0.25) is 0 Å². The second kappa shape index (κ2) is 4.52. The van der Waals surface area contributed by atoms with Gasteiger partial charge < -0.3 is 9.52 Å². The van der Waals surface area contributed by atoms with Crippen molar-refractivity contribution in [3.05, 3.63) is 40.4 Å². The minimum atomic E-state index is -0.985. The van der Waals surface area contributed by atoms with Crippen LogP contribution in [-0.2, 0) is 11.8 Å². The molecule has 1 aromatic carbocycles. The SMILES string of the molecule is CC/C(=C\C(=O)O)c1ccc2c(c1)oc(=O)n2C. The molecule has 1 N–H and O–H groups in total. The Hall–Kier alpha value is -2.30. The molecule has 5 heteroatoms. The molecule has 2 rings (SSSR count). The molecule has 0 unspecified atom stereocenters. The van der Waals surface area contributed by atoms with Crippen molar-refractivity contribution in [3.63, 3.8) is 0 Å². The van der Waals surface area contributed by atoms with E-state index in [1.54, 1.807) is 25.2 Å². The zero-order valence-corrected chi connectivity index (χ0v) is 10.1. The van der Waals surface area contributed by atoms with Gasteiger partial charge in [-0.15, -0.1) is 0 Å². The van der Waals surface area contributed by atoms with Crippen LogP contribution in [0, 0.1) is 0 Å². The number of rotatable bonds is 3. The first kappa shape index (κ1) is 12.2. The number of carboxylic acids is 1. The summed E-state index contributed by atoms with van der Waals surface area (Å²) in [4.78, 5) is 22.1. The number of nitrogens with zero attached hydrogens (tertiary/aromatic N) is 1. The number of fused-ring (bicyclic) bond motifs is 1. The van der Waals surface area contributed by atoms with Gasteiger partial charge in [-0.3, -0.25) is 4.57 Å². The number of hydrogen-bond donors (Lipinski definition) is 1. The zero-order chi connectivity index (χ0) is 13.3. The molecule has 18 heavy (non-hydrogen) atoms. The summed E-state index contributed by atoms with van der Waals surface area (Å²) in [5.41, 5.74) is 2.59. The molecule has 0 saturated carbocycles. The minimum absolute atomic E-state index is 0.428. The van der Waals surface area contributed by atoms with E-state index >= 15 is 0 Å². The second-order valence-corrected chi connectivity index (χ2v) is 3.97. The van der Waals surface area contributed by atoms with E-state index in [0.717, 1.165) is 5.56 Å². The van der Waals surface area contributed by atoms with E-state index in [-0.39, 0.29) is 0 Å². The topological polar surface area (TPSA) is 72.4 Å². The van der Waals surface area contributed by atoms with Crippen molar-refractivity contribution in [1.82, 2.24) is 4.57 Å². The Bertz CT molecular complexity index is 691. The average Bonchev–Trinajstić information content (AvgIpc) is 2.61. The molecule has 94 valence electrons. The number of carbonyl (C=O) groups is 1. The van der Waals surface area contributed by atoms with Crippen LogP contribution in [0.2, 0.25) is 0 Å². The van der Waals surface area contributed by atoms with Crippen LogP contribution in [0.15, 0.2) is 33.5 Å². The van der Waals surface area contributed by atoms with Gasteiger partial charge in [0.25, 0.3) is 0 Å². The summed E-state index contributed by atoms with van der Waals surface area (Å²) < 4.78 is 6.48. The van der Waals surface area contributed by atoms with Crippen LogP contribution < -0.4 is 5.76 Å². The Kier molecular flexibility index (Phi) is 3.06. The van der Waals surface area contributed by atoms with Gasteiger partial charge in [0, 0.05) is 13.1 Å². The number of aliphatic carboxylic acids is 1. The first-order chi connectivity index (χ1) is 8.52. The number of carboxylic acid groups (broad SMARTS) is 1. The first-order valence-electron chi connectivity index (χ1n) is 5.56. The number of allylic oxidation sites excluding steroid dienone is 1. The van der Waals surface area contributed by atoms with Crippen molar-refractivity contribution in [2.75, 3.05) is 0 Å². The van der Waals surface area contributed by atoms with Crippen LogP contribution in [0.1, 0.15) is 18.9 Å². The molecule has 0 radical (unpaired) electrons. The molecular formula is C13H13NO4. The molecule has 2 aromatic rings. The van der Waals surface area contributed by atoms with E-state index in [4.69, 9.17) is 9.52 Å². The maximum Gasteiger partial charge on any atom is 0.419 e. The maximum absolute atomic E-state index is 11.4. The lowest BCUT2D eigenvalue weighted by molar-refractivity contribution is -0.131. The van der Waals surface area contributed by atoms with Crippen LogP contribution >= 0.6 is 0 Å². The third-order valence-electron chi connectivity index (χ3n) is 2.84. The van der Waals surface area contributed by atoms with Crippen LogP contribution in [-0.4, -0.2) is 15.6 Å². The highest BCUT2D eigenvalue weighted by Crippen LogP contribution is 2.22. The molecule has 0 bridgehead atoms. The lowest BCUT2D eigenvalue weighted by Gasteiger charge is -2.03. The summed E-state index contributed by atoms with van der Waals surface area (Å²) in [5, 5.41) is 8.78. The van der Waals surface area contributed by atoms with Crippen LogP contribution in [0.25, 0.3) is 16.7 Å². The lowest BCUT2D eigenvalue weighted by atomic mass is 10.0. The summed E-state index contributed by atoms with van der Waals surface area (Å²) in [6.07, 6.45) is 1.76. The molecule has 5 nitrogen and oxygen atoms in total. The summed E-state index contributed by atoms with van der Waals surface area (Å²) in [5.74, 6) is -1.41. The van der Waals surface area contributed by atoms with Crippen molar-refractivity contribution in [2.45, 2.75) is 13.3 Å². The molecule has 0 saturated heterocycles. The van der Waals surface area contributed by atoms with Crippen molar-refractivity contribution in [3.8, 4) is 0 Å². The van der Waals surface area contributed by atoms with Gasteiger partial charge >= 0.3 is 11.7 Å². The standard InChI is InChI=1S/C13H13NO4/c1-3-8(7-12(15)16)9-4-5-10-11(6-9)18-13(17)14(10)2/h4-7H,3H2,1-2H3,(H,15,16)/b8-7+. The number of oxazole rings is 1. The molecule has 1 heterocycles. The van der Waals surface area contributed by atoms with Gasteiger partial charge in [0.15, 0.2) is 5.58 Å². The first-order valence-corrected chi connectivity index (χ1v) is 5.56. The fraction of sp³-hybridized carbons (Fsp3) is 0.231. The van der Waals surface area contributed by atoms with E-state index in [1.807, 2.05) is 6.92 Å². The van der Waals surface area contributed by atoms with Crippen molar-refractivity contribution >= 4 is 22.6 Å². The highest BCUT2D eigenvalue weighted by Gasteiger charge is 2.08. The Morgan fingerprint density at radius 2 is 2.22 bits per heavy atom. The predicted octanol–water partition coefficient (Wildman–Crippen LogP) is 2.01. The van der Waals surface area contributed by atoms with Crippen LogP contribution in [0.3, 0.4) is 0 Å². The fourth-order valence-electron chi connectivity index (χ4n) is 1.87. The van der Waals surface area contributed by atoms with Gasteiger partial charge in [0.1, 0.15) is 0 Å². The molecule has 0 fully saturated rings. The van der Waals surface area contributed by atoms with Crippen molar-refractivity contribution in [2.24, 2.45) is 7.05 Å². The quantitative estimate of drug-likeness (QED) is 0.842. The molecule has 0 atom stereocenters. The normalized spacial score (nSPS) is 12.0. The highest BCUT2D eigenvalue weighted by atomic mass is 16.4. The Labute approximate surface area is 103 Å². The number of benzene rings is 1. The smallest absolute Gasteiger partial charge is 0.419 e. The van der Waals surface area contributed by atoms with Gasteiger partial charge in [-0.25, -0.2) is 9.59 Å². The molecular weight excluding hydrogens is 234 g/mol. The minimum Gasteiger partial charge on any atom is -0.478 e. The predicted molar refractivity (Wildman–Crippen MR) is 67.4 cm³/mol. The average molecular weight is 247 g/mol. The summed E-state index contributed by atoms with van der Waals surface area (Å²) in [6, 6.07) is 5.23. The third-order valence-corrected chi connectivity index (χ3v) is 2.84. The monoisotopic (exact) mass is 247 g/mol. The lowest BCUT2D eigenvalue weighted by Crippen LogP contribution is -2.08. The van der Waals surface area contributed by atoms with Crippen LogP contribution in [0.5, 0.6) is 0 Å². The summed E-state index contributed by atoms with van der Waals surface area (Å²) >= 11 is 0. The van der Waals surface area contributed by atoms with E-state index in [1.165, 1.54) is 10.6 Å². The van der Waals surface area contributed by atoms with Crippen molar-refractivity contribution in [1.29, 1.82) is 0 Å². The van der Waals surface area contributed by atoms with E-state index in [2.05, 4.69) is 0 Å². The van der Waals surface area contributed by atoms with E-state index in [0.29, 0.717) is 23.1 Å². The van der Waals surface area contributed by atoms with Gasteiger partial charge in [-0.05, 0) is 29.7 Å². The largest absolute Gasteiger partial charge is 0.478 e. The summed E-state index contributed by atoms with van der Waals surface area (Å²) in [7, 11) is 1.63. The van der Waals surface area contributed by atoms with Gasteiger partial charge in [0.05, 0.1) is 5.52 Å². The molecule has 0 amide bonds. The Balaban J connectivity index is 2.59. The molecule has 1 aromatic heterocycles. The van der Waals surface area contributed by atoms with E-state index in [9.17, 15) is 9.59 Å². The summed E-state index contributed by atoms with van der Waals surface area (Å²) in [6.45, 7) is 1.88. The number of aromatic nitrogens is 1. The molecule has 0 spiro atoms. The van der Waals surface area contributed by atoms with Gasteiger partial charge in [-0.1, -0.05) is 13.0 Å². The Morgan fingerprint density at radius 1 is 1.50 bits per heavy atom. The van der Waals surface area contributed by atoms with Gasteiger partial charge in [-0.2, -0.15) is 0 Å². The molecule has 0 aliphatic carbocycles. The highest BCUT2D eigenvalue weighted by molar-refractivity contribution is 5.91. The maximum atomic E-state index is 11.4. The number of hydrogen-bond acceptors (Lipinski definition) is 3.